The van der Waals surface area contributed by atoms with Crippen LogP contribution in [0.1, 0.15) is 70.2 Å². The van der Waals surface area contributed by atoms with E-state index in [1.54, 1.807) is 30.3 Å². The Hall–Kier alpha value is -2.10. The van der Waals surface area contributed by atoms with Gasteiger partial charge in [-0.3, -0.25) is 19.7 Å². The van der Waals surface area contributed by atoms with Crippen LogP contribution in [0.15, 0.2) is 41.4 Å². The van der Waals surface area contributed by atoms with E-state index in [1.807, 2.05) is 6.92 Å². The monoisotopic (exact) mass is 618 g/mol. The van der Waals surface area contributed by atoms with Gasteiger partial charge in [0.1, 0.15) is 18.4 Å². The van der Waals surface area contributed by atoms with E-state index in [0.29, 0.717) is 18.4 Å². The summed E-state index contributed by atoms with van der Waals surface area (Å²) in [7, 11) is 0. The Labute approximate surface area is 244 Å². The molecule has 0 spiro atoms. The fourth-order valence-electron chi connectivity index (χ4n) is 7.67. The molecule has 2 bridgehead atoms. The van der Waals surface area contributed by atoms with Gasteiger partial charge in [0.25, 0.3) is 5.91 Å². The van der Waals surface area contributed by atoms with Gasteiger partial charge in [-0.25, -0.2) is 0 Å². The molecule has 3 N–H and O–H groups in total. The highest BCUT2D eigenvalue weighted by Gasteiger charge is 2.68. The van der Waals surface area contributed by atoms with E-state index in [2.05, 4.69) is 53.9 Å². The Kier molecular flexibility index (Phi) is 8.47. The molecule has 4 rings (SSSR count). The summed E-state index contributed by atoms with van der Waals surface area (Å²) in [6.07, 6.45) is 3.83. The first-order valence-corrected chi connectivity index (χ1v) is 14.9. The summed E-state index contributed by atoms with van der Waals surface area (Å²) in [6.45, 7) is 12.1. The van der Waals surface area contributed by atoms with Crippen molar-refractivity contribution in [3.63, 3.8) is 0 Å². The average Bonchev–Trinajstić information content (AvgIpc) is 3.26. The maximum absolute atomic E-state index is 13.5. The highest BCUT2D eigenvalue weighted by molar-refractivity contribution is 9.10. The lowest BCUT2D eigenvalue weighted by molar-refractivity contribution is -0.206. The number of rotatable bonds is 5. The third-order valence-electron chi connectivity index (χ3n) is 10.3. The van der Waals surface area contributed by atoms with Crippen LogP contribution in [0.3, 0.4) is 0 Å². The van der Waals surface area contributed by atoms with Crippen LogP contribution < -0.4 is 10.6 Å². The fourth-order valence-corrected chi connectivity index (χ4v) is 8.10. The standard InChI is InChI=1S/C30H39BrN2O5S/c1-6-28(4)15-22(38-23(35)16-32-27(39)33-26(37)19-7-9-20(31)10-8-19)29(5)17(2)11-13-30(18(3)25(28)36)14-12-21(34)24(29)30/h6-10,17-18,22,24-25,36H,1,11-16H2,2-5H3,(H2,32,33,37,39)/t17-,18+,22-,24+,25+,28-,29+,30+/m1/s1. The number of carbonyl (C=O) groups excluding carboxylic acids is 3. The number of nitrogens with one attached hydrogen (secondary N) is 2. The first-order valence-electron chi connectivity index (χ1n) is 13.7. The molecule has 3 aliphatic rings. The Bertz CT molecular complexity index is 1170. The molecule has 0 saturated heterocycles. The number of ether oxygens (including phenoxy) is 1. The molecule has 1 aromatic rings. The van der Waals surface area contributed by atoms with Crippen molar-refractivity contribution in [1.82, 2.24) is 10.6 Å². The van der Waals surface area contributed by atoms with Gasteiger partial charge in [-0.2, -0.15) is 0 Å². The zero-order valence-electron chi connectivity index (χ0n) is 23.1. The Balaban J connectivity index is 1.53. The second kappa shape index (κ2) is 11.1. The van der Waals surface area contributed by atoms with Crippen LogP contribution in [-0.4, -0.2) is 46.6 Å². The van der Waals surface area contributed by atoms with Crippen LogP contribution in [0.2, 0.25) is 0 Å². The van der Waals surface area contributed by atoms with Gasteiger partial charge < -0.3 is 15.2 Å². The third kappa shape index (κ3) is 5.22. The summed E-state index contributed by atoms with van der Waals surface area (Å²) in [4.78, 5) is 39.1. The minimum Gasteiger partial charge on any atom is -0.460 e. The van der Waals surface area contributed by atoms with E-state index in [-0.39, 0.29) is 40.6 Å². The largest absolute Gasteiger partial charge is 0.460 e. The number of aliphatic hydroxyl groups excluding tert-OH is 1. The van der Waals surface area contributed by atoms with Crippen molar-refractivity contribution in [3.8, 4) is 0 Å². The number of hydrogen-bond acceptors (Lipinski definition) is 6. The molecule has 0 heterocycles. The second-order valence-electron chi connectivity index (χ2n) is 12.2. The molecule has 1 aromatic carbocycles. The molecule has 3 fully saturated rings. The molecular weight excluding hydrogens is 580 g/mol. The van der Waals surface area contributed by atoms with E-state index in [0.717, 1.165) is 23.7 Å². The number of aliphatic hydroxyl groups is 1. The first-order chi connectivity index (χ1) is 18.3. The Morgan fingerprint density at radius 3 is 2.54 bits per heavy atom. The van der Waals surface area contributed by atoms with Gasteiger partial charge in [-0.05, 0) is 79.4 Å². The van der Waals surface area contributed by atoms with E-state index in [1.165, 1.54) is 0 Å². The lowest BCUT2D eigenvalue weighted by Gasteiger charge is -2.61. The van der Waals surface area contributed by atoms with E-state index < -0.39 is 34.9 Å². The van der Waals surface area contributed by atoms with E-state index in [4.69, 9.17) is 17.0 Å². The summed E-state index contributed by atoms with van der Waals surface area (Å²) in [5.41, 5.74) is -1.19. The summed E-state index contributed by atoms with van der Waals surface area (Å²) < 4.78 is 7.03. The molecular formula is C30H39BrN2O5S. The molecule has 7 nitrogen and oxygen atoms in total. The van der Waals surface area contributed by atoms with E-state index in [9.17, 15) is 19.5 Å². The van der Waals surface area contributed by atoms with Crippen molar-refractivity contribution in [3.05, 3.63) is 47.0 Å². The highest BCUT2D eigenvalue weighted by atomic mass is 79.9. The first kappa shape index (κ1) is 29.9. The molecule has 0 aromatic heterocycles. The lowest BCUT2D eigenvalue weighted by atomic mass is 9.44. The number of Topliss-reactive ketones (excluding diaryl/α,β-unsaturated/α-hetero) is 1. The summed E-state index contributed by atoms with van der Waals surface area (Å²) in [5.74, 6) is -0.950. The lowest BCUT2D eigenvalue weighted by Crippen LogP contribution is -2.63. The van der Waals surface area contributed by atoms with Crippen LogP contribution in [0.25, 0.3) is 0 Å². The van der Waals surface area contributed by atoms with Gasteiger partial charge >= 0.3 is 5.97 Å². The maximum Gasteiger partial charge on any atom is 0.325 e. The molecule has 9 heteroatoms. The second-order valence-corrected chi connectivity index (χ2v) is 13.5. The van der Waals surface area contributed by atoms with Gasteiger partial charge in [0.05, 0.1) is 6.10 Å². The van der Waals surface area contributed by atoms with Gasteiger partial charge in [-0.15, -0.1) is 6.58 Å². The zero-order valence-corrected chi connectivity index (χ0v) is 25.5. The Morgan fingerprint density at radius 1 is 1.23 bits per heavy atom. The van der Waals surface area contributed by atoms with Crippen LogP contribution in [0.5, 0.6) is 0 Å². The van der Waals surface area contributed by atoms with Crippen molar-refractivity contribution >= 4 is 50.9 Å². The predicted octanol–water partition coefficient (Wildman–Crippen LogP) is 4.96. The molecule has 0 unspecified atom stereocenters. The highest BCUT2D eigenvalue weighted by Crippen LogP contribution is 2.67. The molecule has 1 amide bonds. The van der Waals surface area contributed by atoms with Gasteiger partial charge in [0.2, 0.25) is 0 Å². The molecule has 39 heavy (non-hydrogen) atoms. The molecule has 3 aliphatic carbocycles. The van der Waals surface area contributed by atoms with Gasteiger partial charge in [0.15, 0.2) is 5.11 Å². The van der Waals surface area contributed by atoms with Crippen molar-refractivity contribution in [2.75, 3.05) is 6.54 Å². The predicted molar refractivity (Wildman–Crippen MR) is 157 cm³/mol. The normalized spacial score (nSPS) is 37.6. The van der Waals surface area contributed by atoms with Crippen LogP contribution in [0.4, 0.5) is 0 Å². The number of carbonyl (C=O) groups is 3. The van der Waals surface area contributed by atoms with Crippen molar-refractivity contribution in [2.24, 2.45) is 34.0 Å². The van der Waals surface area contributed by atoms with Crippen LogP contribution in [0, 0.1) is 34.0 Å². The number of ketones is 1. The molecule has 212 valence electrons. The quantitative estimate of drug-likeness (QED) is 0.243. The van der Waals surface area contributed by atoms with Crippen molar-refractivity contribution < 1.29 is 24.2 Å². The molecule has 8 atom stereocenters. The SMILES string of the molecule is C=C[C@]1(C)C[C@@H](OC(=O)CNC(=S)NC(=O)c2ccc(Br)cc2)[C@]2(C)[C@H](C)CC[C@]3(CCC(=O)[C@H]32)[C@@H](C)[C@@H]1O. The minimum atomic E-state index is -0.720. The average molecular weight is 620 g/mol. The smallest absolute Gasteiger partial charge is 0.325 e. The van der Waals surface area contributed by atoms with Gasteiger partial charge in [0, 0.05) is 33.2 Å². The van der Waals surface area contributed by atoms with Crippen molar-refractivity contribution in [2.45, 2.75) is 72.0 Å². The number of benzene rings is 1. The van der Waals surface area contributed by atoms with E-state index >= 15 is 0 Å². The Morgan fingerprint density at radius 2 is 1.90 bits per heavy atom. The minimum absolute atomic E-state index is 0.0138. The number of amides is 1. The maximum atomic E-state index is 13.5. The fraction of sp³-hybridized carbons (Fsp3) is 0.600. The van der Waals surface area contributed by atoms with Crippen molar-refractivity contribution in [1.29, 1.82) is 0 Å². The molecule has 3 saturated carbocycles. The van der Waals surface area contributed by atoms with Gasteiger partial charge in [-0.1, -0.05) is 49.7 Å². The van der Waals surface area contributed by atoms with Crippen LogP contribution in [-0.2, 0) is 14.3 Å². The zero-order chi connectivity index (χ0) is 28.8. The topological polar surface area (TPSA) is 105 Å². The summed E-state index contributed by atoms with van der Waals surface area (Å²) >= 11 is 8.57. The number of thiocarbonyl (C=S) groups is 1. The molecule has 0 radical (unpaired) electrons. The number of halogens is 1. The number of esters is 1. The molecule has 0 aliphatic heterocycles. The van der Waals surface area contributed by atoms with Crippen LogP contribution >= 0.6 is 28.1 Å². The number of hydrogen-bond donors (Lipinski definition) is 3. The third-order valence-corrected chi connectivity index (χ3v) is 11.1. The summed E-state index contributed by atoms with van der Waals surface area (Å²) in [6, 6.07) is 6.83. The summed E-state index contributed by atoms with van der Waals surface area (Å²) in [5, 5.41) is 17.0.